The average molecular weight is 371 g/mol. The monoisotopic (exact) mass is 370 g/mol. The Labute approximate surface area is 146 Å². The van der Waals surface area contributed by atoms with Gasteiger partial charge in [-0.15, -0.1) is 0 Å². The zero-order valence-electron chi connectivity index (χ0n) is 13.2. The standard InChI is InChI=1S/C16H19ClN2O4S/c1-19(14-7-8-24(22,23)11-14)16(21)10-18-15(20)6-5-12-3-2-4-13(17)9-12/h2-6,9,14H,7-8,10-11H2,1H3,(H,18,20). The molecule has 0 saturated carbocycles. The van der Waals surface area contributed by atoms with E-state index >= 15 is 0 Å². The van der Waals surface area contributed by atoms with Gasteiger partial charge in [0.25, 0.3) is 0 Å². The Balaban J connectivity index is 1.82. The third-order valence-corrected chi connectivity index (χ3v) is 5.82. The van der Waals surface area contributed by atoms with Crippen LogP contribution in [0.25, 0.3) is 6.08 Å². The maximum absolute atomic E-state index is 12.0. The van der Waals surface area contributed by atoms with Crippen LogP contribution < -0.4 is 5.32 Å². The summed E-state index contributed by atoms with van der Waals surface area (Å²) in [4.78, 5) is 25.2. The van der Waals surface area contributed by atoms with Gasteiger partial charge in [0.05, 0.1) is 18.1 Å². The number of carbonyl (C=O) groups excluding carboxylic acids is 2. The maximum Gasteiger partial charge on any atom is 0.244 e. The highest BCUT2D eigenvalue weighted by Gasteiger charge is 2.32. The lowest BCUT2D eigenvalue weighted by atomic mass is 10.2. The topological polar surface area (TPSA) is 83.6 Å². The minimum absolute atomic E-state index is 0.0160. The number of sulfone groups is 1. The summed E-state index contributed by atoms with van der Waals surface area (Å²) in [5.74, 6) is -0.639. The molecule has 0 bridgehead atoms. The molecule has 1 atom stereocenters. The number of halogens is 1. The summed E-state index contributed by atoms with van der Waals surface area (Å²) in [7, 11) is -1.49. The number of hydrogen-bond acceptors (Lipinski definition) is 4. The van der Waals surface area contributed by atoms with Crippen LogP contribution in [0, 0.1) is 0 Å². The van der Waals surface area contributed by atoms with Crippen molar-refractivity contribution in [3.8, 4) is 0 Å². The average Bonchev–Trinajstić information content (AvgIpc) is 2.90. The third kappa shape index (κ3) is 5.35. The molecule has 6 nitrogen and oxygen atoms in total. The lowest BCUT2D eigenvalue weighted by Crippen LogP contribution is -2.43. The summed E-state index contributed by atoms with van der Waals surface area (Å²) in [6, 6.07) is 6.70. The molecular weight excluding hydrogens is 352 g/mol. The molecule has 1 aliphatic heterocycles. The molecule has 0 spiro atoms. The first-order valence-corrected chi connectivity index (χ1v) is 9.64. The van der Waals surface area contributed by atoms with Gasteiger partial charge in [0.2, 0.25) is 11.8 Å². The van der Waals surface area contributed by atoms with E-state index in [0.29, 0.717) is 11.4 Å². The highest BCUT2D eigenvalue weighted by Crippen LogP contribution is 2.16. The van der Waals surface area contributed by atoms with E-state index in [1.165, 1.54) is 11.0 Å². The van der Waals surface area contributed by atoms with E-state index in [4.69, 9.17) is 11.6 Å². The second kappa shape index (κ2) is 7.81. The molecule has 1 aromatic carbocycles. The van der Waals surface area contributed by atoms with Gasteiger partial charge in [-0.05, 0) is 30.2 Å². The van der Waals surface area contributed by atoms with Crippen LogP contribution in [0.1, 0.15) is 12.0 Å². The molecule has 0 aliphatic carbocycles. The molecule has 0 aromatic heterocycles. The number of likely N-dealkylation sites (N-methyl/N-ethyl adjacent to an activating group) is 1. The summed E-state index contributed by atoms with van der Waals surface area (Å²) in [5, 5.41) is 3.06. The van der Waals surface area contributed by atoms with Crippen molar-refractivity contribution >= 4 is 39.3 Å². The van der Waals surface area contributed by atoms with Crippen LogP contribution in [0.15, 0.2) is 30.3 Å². The number of nitrogens with zero attached hydrogens (tertiary/aromatic N) is 1. The first kappa shape index (κ1) is 18.5. The van der Waals surface area contributed by atoms with Gasteiger partial charge < -0.3 is 10.2 Å². The second-order valence-electron chi connectivity index (χ2n) is 5.67. The van der Waals surface area contributed by atoms with E-state index in [-0.39, 0.29) is 30.0 Å². The molecular formula is C16H19ClN2O4S. The molecule has 8 heteroatoms. The minimum atomic E-state index is -3.05. The van der Waals surface area contributed by atoms with Crippen molar-refractivity contribution in [1.29, 1.82) is 0 Å². The van der Waals surface area contributed by atoms with Crippen LogP contribution in [0.3, 0.4) is 0 Å². The zero-order valence-corrected chi connectivity index (χ0v) is 14.8. The molecule has 1 N–H and O–H groups in total. The van der Waals surface area contributed by atoms with E-state index in [1.54, 1.807) is 37.4 Å². The van der Waals surface area contributed by atoms with Gasteiger partial charge in [-0.25, -0.2) is 8.42 Å². The molecule has 0 radical (unpaired) electrons. The zero-order chi connectivity index (χ0) is 17.7. The Morgan fingerprint density at radius 2 is 2.17 bits per heavy atom. The SMILES string of the molecule is CN(C(=O)CNC(=O)C=Cc1cccc(Cl)c1)C1CCS(=O)(=O)C1. The van der Waals surface area contributed by atoms with Crippen molar-refractivity contribution in [2.75, 3.05) is 25.1 Å². The fourth-order valence-electron chi connectivity index (χ4n) is 2.41. The van der Waals surface area contributed by atoms with Crippen LogP contribution >= 0.6 is 11.6 Å². The van der Waals surface area contributed by atoms with E-state index in [0.717, 1.165) is 5.56 Å². The van der Waals surface area contributed by atoms with Crippen molar-refractivity contribution in [2.24, 2.45) is 0 Å². The normalized spacial score (nSPS) is 19.3. The Kier molecular flexibility index (Phi) is 6.01. The van der Waals surface area contributed by atoms with E-state index < -0.39 is 15.7 Å². The third-order valence-electron chi connectivity index (χ3n) is 3.84. The van der Waals surface area contributed by atoms with Crippen molar-refractivity contribution in [2.45, 2.75) is 12.5 Å². The predicted molar refractivity (Wildman–Crippen MR) is 93.3 cm³/mol. The van der Waals surface area contributed by atoms with Gasteiger partial charge in [0.1, 0.15) is 0 Å². The first-order chi connectivity index (χ1) is 11.3. The number of benzene rings is 1. The largest absolute Gasteiger partial charge is 0.343 e. The Hall–Kier alpha value is -1.86. The highest BCUT2D eigenvalue weighted by molar-refractivity contribution is 7.91. The first-order valence-electron chi connectivity index (χ1n) is 7.44. The highest BCUT2D eigenvalue weighted by atomic mass is 35.5. The predicted octanol–water partition coefficient (Wildman–Crippen LogP) is 1.11. The van der Waals surface area contributed by atoms with Crippen molar-refractivity contribution in [1.82, 2.24) is 10.2 Å². The minimum Gasteiger partial charge on any atom is -0.343 e. The summed E-state index contributed by atoms with van der Waals surface area (Å²) in [6.45, 7) is -0.175. The number of amides is 2. The number of hydrogen-bond donors (Lipinski definition) is 1. The van der Waals surface area contributed by atoms with Crippen molar-refractivity contribution in [3.05, 3.63) is 40.9 Å². The van der Waals surface area contributed by atoms with Crippen LogP contribution in [0.2, 0.25) is 5.02 Å². The number of rotatable bonds is 5. The van der Waals surface area contributed by atoms with Gasteiger partial charge >= 0.3 is 0 Å². The lowest BCUT2D eigenvalue weighted by molar-refractivity contribution is -0.132. The molecule has 130 valence electrons. The van der Waals surface area contributed by atoms with E-state index in [2.05, 4.69) is 5.32 Å². The molecule has 1 fully saturated rings. The Bertz CT molecular complexity index is 761. The smallest absolute Gasteiger partial charge is 0.244 e. The fourth-order valence-corrected chi connectivity index (χ4v) is 4.39. The molecule has 1 aliphatic rings. The molecule has 24 heavy (non-hydrogen) atoms. The Morgan fingerprint density at radius 1 is 1.42 bits per heavy atom. The summed E-state index contributed by atoms with van der Waals surface area (Å²) in [6.07, 6.45) is 3.35. The molecule has 1 unspecified atom stereocenters. The van der Waals surface area contributed by atoms with Gasteiger partial charge in [-0.2, -0.15) is 0 Å². The fraction of sp³-hybridized carbons (Fsp3) is 0.375. The number of carbonyl (C=O) groups is 2. The van der Waals surface area contributed by atoms with Gasteiger partial charge in [-0.1, -0.05) is 23.7 Å². The maximum atomic E-state index is 12.0. The second-order valence-corrected chi connectivity index (χ2v) is 8.33. The summed E-state index contributed by atoms with van der Waals surface area (Å²) < 4.78 is 22.9. The van der Waals surface area contributed by atoms with Crippen LogP contribution in [-0.4, -0.2) is 56.3 Å². The summed E-state index contributed by atoms with van der Waals surface area (Å²) in [5.41, 5.74) is 0.775. The van der Waals surface area contributed by atoms with Crippen molar-refractivity contribution in [3.63, 3.8) is 0 Å². The van der Waals surface area contributed by atoms with Gasteiger partial charge in [-0.3, -0.25) is 9.59 Å². The quantitative estimate of drug-likeness (QED) is 0.787. The molecule has 1 heterocycles. The molecule has 2 rings (SSSR count). The molecule has 1 aromatic rings. The number of nitrogens with one attached hydrogen (secondary N) is 1. The van der Waals surface area contributed by atoms with E-state index in [1.807, 2.05) is 0 Å². The van der Waals surface area contributed by atoms with Gasteiger partial charge in [0.15, 0.2) is 9.84 Å². The van der Waals surface area contributed by atoms with Crippen LogP contribution in [0.4, 0.5) is 0 Å². The van der Waals surface area contributed by atoms with Crippen LogP contribution in [0.5, 0.6) is 0 Å². The Morgan fingerprint density at radius 3 is 2.79 bits per heavy atom. The lowest BCUT2D eigenvalue weighted by Gasteiger charge is -2.23. The van der Waals surface area contributed by atoms with Crippen LogP contribution in [-0.2, 0) is 19.4 Å². The van der Waals surface area contributed by atoms with E-state index in [9.17, 15) is 18.0 Å². The molecule has 2 amide bonds. The molecule has 1 saturated heterocycles. The van der Waals surface area contributed by atoms with Gasteiger partial charge in [0, 0.05) is 24.2 Å². The van der Waals surface area contributed by atoms with Crippen molar-refractivity contribution < 1.29 is 18.0 Å². The summed E-state index contributed by atoms with van der Waals surface area (Å²) >= 11 is 5.85.